The van der Waals surface area contributed by atoms with Crippen LogP contribution in [0.2, 0.25) is 0 Å². The third-order valence-electron chi connectivity index (χ3n) is 12.1. The van der Waals surface area contributed by atoms with E-state index in [1.807, 2.05) is 42.5 Å². The fourth-order valence-electron chi connectivity index (χ4n) is 8.00. The lowest BCUT2D eigenvalue weighted by Crippen LogP contribution is -2.11. The van der Waals surface area contributed by atoms with Crippen molar-refractivity contribution in [1.82, 2.24) is 0 Å². The largest absolute Gasteiger partial charge is 0.493 e. The summed E-state index contributed by atoms with van der Waals surface area (Å²) in [4.78, 5) is 24.7. The van der Waals surface area contributed by atoms with Crippen molar-refractivity contribution >= 4 is 56.6 Å². The molecule has 66 heavy (non-hydrogen) atoms. The number of carbonyl (C=O) groups is 2. The van der Waals surface area contributed by atoms with Crippen LogP contribution in [0, 0.1) is 0 Å². The quantitative estimate of drug-likeness (QED) is 0.0316. The summed E-state index contributed by atoms with van der Waals surface area (Å²) in [5.41, 5.74) is 3.09. The van der Waals surface area contributed by atoms with Crippen LogP contribution in [0.25, 0.3) is 24.3 Å². The minimum atomic E-state index is -3.72. The number of hydrogen-bond donors (Lipinski definition) is 0. The molecular formula is C56H82O8S2. The fourth-order valence-corrected chi connectivity index (χ4v) is 11.2. The monoisotopic (exact) mass is 947 g/mol. The Morgan fingerprint density at radius 2 is 0.712 bits per heavy atom. The predicted octanol–water partition coefficient (Wildman–Crippen LogP) is 15.4. The highest BCUT2D eigenvalue weighted by Gasteiger charge is 2.23. The molecule has 8 nitrogen and oxygen atoms in total. The lowest BCUT2D eigenvalue weighted by Gasteiger charge is -2.14. The molecule has 0 saturated heterocycles. The molecule has 10 heteroatoms. The molecule has 0 aliphatic rings. The summed E-state index contributed by atoms with van der Waals surface area (Å²) in [6, 6.07) is 14.0. The maximum atomic E-state index is 13.8. The molecule has 366 valence electrons. The normalized spacial score (nSPS) is 12.1. The van der Waals surface area contributed by atoms with Gasteiger partial charge in [-0.1, -0.05) is 205 Å². The zero-order valence-corrected chi connectivity index (χ0v) is 42.6. The van der Waals surface area contributed by atoms with Gasteiger partial charge in [0, 0.05) is 11.1 Å². The maximum absolute atomic E-state index is 13.8. The van der Waals surface area contributed by atoms with E-state index in [-0.39, 0.29) is 32.4 Å². The summed E-state index contributed by atoms with van der Waals surface area (Å²) in [6.45, 7) is 9.59. The van der Waals surface area contributed by atoms with Crippen molar-refractivity contribution in [2.24, 2.45) is 0 Å². The average Bonchev–Trinajstić information content (AvgIpc) is 3.31. The molecule has 0 unspecified atom stereocenters. The van der Waals surface area contributed by atoms with Gasteiger partial charge < -0.3 is 9.47 Å². The fraction of sp³-hybridized carbons (Fsp3) is 0.571. The van der Waals surface area contributed by atoms with Crippen LogP contribution in [0.1, 0.15) is 225 Å². The van der Waals surface area contributed by atoms with Crippen molar-refractivity contribution in [3.63, 3.8) is 0 Å². The van der Waals surface area contributed by atoms with Gasteiger partial charge in [0.2, 0.25) is 0 Å². The summed E-state index contributed by atoms with van der Waals surface area (Å²) < 4.78 is 67.3. The van der Waals surface area contributed by atoms with E-state index in [2.05, 4.69) is 27.7 Å². The molecule has 0 bridgehead atoms. The van der Waals surface area contributed by atoms with Crippen molar-refractivity contribution in [3.05, 3.63) is 81.9 Å². The van der Waals surface area contributed by atoms with E-state index < -0.39 is 19.7 Å². The topological polar surface area (TPSA) is 121 Å². The molecule has 0 saturated carbocycles. The first kappa shape index (κ1) is 56.3. The molecule has 0 heterocycles. The Bertz CT molecular complexity index is 2140. The average molecular weight is 947 g/mol. The van der Waals surface area contributed by atoms with E-state index in [1.54, 1.807) is 24.3 Å². The molecule has 0 atom stereocenters. The highest BCUT2D eigenvalue weighted by molar-refractivity contribution is 7.91. The molecule has 0 N–H and O–H groups in total. The Balaban J connectivity index is 1.91. The molecule has 3 rings (SSSR count). The van der Waals surface area contributed by atoms with Gasteiger partial charge in [-0.05, 0) is 66.6 Å². The van der Waals surface area contributed by atoms with E-state index in [1.165, 1.54) is 44.6 Å². The molecule has 3 aromatic rings. The molecule has 0 aliphatic carbocycles. The third kappa shape index (κ3) is 20.9. The van der Waals surface area contributed by atoms with Crippen LogP contribution in [0.15, 0.2) is 58.3 Å². The predicted molar refractivity (Wildman–Crippen MR) is 277 cm³/mol. The first-order chi connectivity index (χ1) is 32.0. The second kappa shape index (κ2) is 32.6. The van der Waals surface area contributed by atoms with Gasteiger partial charge in [0.25, 0.3) is 0 Å². The van der Waals surface area contributed by atoms with Crippen molar-refractivity contribution in [1.29, 1.82) is 0 Å². The molecular weight excluding hydrogens is 865 g/mol. The molecule has 0 fully saturated rings. The summed E-state index contributed by atoms with van der Waals surface area (Å²) in [7, 11) is -7.42. The zero-order valence-electron chi connectivity index (χ0n) is 41.0. The Kier molecular flexibility index (Phi) is 27.8. The second-order valence-electron chi connectivity index (χ2n) is 17.8. The molecule has 0 amide bonds. The number of rotatable bonds is 38. The lowest BCUT2D eigenvalue weighted by atomic mass is 10.1. The van der Waals surface area contributed by atoms with Gasteiger partial charge in [0.05, 0.1) is 40.1 Å². The van der Waals surface area contributed by atoms with Crippen LogP contribution in [-0.2, 0) is 19.7 Å². The number of sulfone groups is 2. The van der Waals surface area contributed by atoms with Gasteiger partial charge in [-0.2, -0.15) is 0 Å². The van der Waals surface area contributed by atoms with Gasteiger partial charge in [-0.15, -0.1) is 0 Å². The van der Waals surface area contributed by atoms with Gasteiger partial charge in [0.15, 0.2) is 32.2 Å². The van der Waals surface area contributed by atoms with E-state index in [0.29, 0.717) is 61.3 Å². The Morgan fingerprint density at radius 1 is 0.379 bits per heavy atom. The number of hydrogen-bond acceptors (Lipinski definition) is 8. The second-order valence-corrected chi connectivity index (χ2v) is 22.0. The van der Waals surface area contributed by atoms with E-state index in [4.69, 9.17) is 9.47 Å². The maximum Gasteiger partial charge on any atom is 0.179 e. The summed E-state index contributed by atoms with van der Waals surface area (Å²) in [5.74, 6) is 0.843. The van der Waals surface area contributed by atoms with E-state index in [0.717, 1.165) is 114 Å². The van der Waals surface area contributed by atoms with E-state index >= 15 is 0 Å². The number of ether oxygens (including phenoxy) is 2. The van der Waals surface area contributed by atoms with Crippen molar-refractivity contribution in [3.8, 4) is 11.5 Å². The summed E-state index contributed by atoms with van der Waals surface area (Å²) in [6.07, 6.45) is 33.3. The number of carbonyl (C=O) groups excluding carboxylic acids is 2. The van der Waals surface area contributed by atoms with Crippen LogP contribution in [0.3, 0.4) is 0 Å². The number of benzene rings is 3. The van der Waals surface area contributed by atoms with Gasteiger partial charge in [0.1, 0.15) is 11.5 Å². The smallest absolute Gasteiger partial charge is 0.179 e. The molecule has 0 aromatic heterocycles. The Labute approximate surface area is 400 Å². The molecule has 0 aliphatic heterocycles. The number of aldehydes is 2. The minimum absolute atomic E-state index is 0.00742. The van der Waals surface area contributed by atoms with Gasteiger partial charge in [-0.3, -0.25) is 9.59 Å². The van der Waals surface area contributed by atoms with Gasteiger partial charge >= 0.3 is 0 Å². The first-order valence-electron chi connectivity index (χ1n) is 25.5. The van der Waals surface area contributed by atoms with Crippen molar-refractivity contribution < 1.29 is 35.9 Å². The minimum Gasteiger partial charge on any atom is -0.493 e. The highest BCUT2D eigenvalue weighted by atomic mass is 32.2. The van der Waals surface area contributed by atoms with Crippen LogP contribution in [-0.4, -0.2) is 54.1 Å². The summed E-state index contributed by atoms with van der Waals surface area (Å²) >= 11 is 0. The van der Waals surface area contributed by atoms with E-state index in [9.17, 15) is 26.4 Å². The molecule has 0 spiro atoms. The van der Waals surface area contributed by atoms with Crippen LogP contribution in [0.4, 0.5) is 0 Å². The van der Waals surface area contributed by atoms with Crippen LogP contribution < -0.4 is 9.47 Å². The third-order valence-corrected chi connectivity index (χ3v) is 15.8. The van der Waals surface area contributed by atoms with Crippen LogP contribution in [0.5, 0.6) is 11.5 Å². The van der Waals surface area contributed by atoms with Gasteiger partial charge in [-0.25, -0.2) is 16.8 Å². The Hall–Kier alpha value is -4.02. The SMILES string of the molecule is CCCCCCCCOc1cc(/C=C/c2ccc(/C=C/c3cc(S(=O)(=O)CCCCCCCC)c(C=O)cc3OCCCCCCCC)cc2)c(S(=O)(=O)CCCCCCCC)cc1C=O. The standard InChI is InChI=1S/C56H82O8S2/c1-5-9-13-17-21-25-37-63-53-42-52(46-58)56(66(61,62)40-28-24-20-16-12-8-4)43-49(53)35-33-47-29-31-48(32-30-47)34-36-50-41-54(64-38-26-22-18-14-10-6-2)51(45-57)44-55(50)65(59,60)39-27-23-19-15-11-7-3/h29-36,41-46H,5-28,37-40H2,1-4H3/b35-33+,36-34+. The highest BCUT2D eigenvalue weighted by Crippen LogP contribution is 2.32. The Morgan fingerprint density at radius 3 is 1.14 bits per heavy atom. The van der Waals surface area contributed by atoms with Crippen molar-refractivity contribution in [2.45, 2.75) is 192 Å². The lowest BCUT2D eigenvalue weighted by molar-refractivity contribution is 0.111. The molecule has 3 aromatic carbocycles. The number of unbranched alkanes of at least 4 members (excludes halogenated alkanes) is 20. The van der Waals surface area contributed by atoms with Crippen molar-refractivity contribution in [2.75, 3.05) is 24.7 Å². The summed E-state index contributed by atoms with van der Waals surface area (Å²) in [5, 5.41) is 0. The first-order valence-corrected chi connectivity index (χ1v) is 28.8. The zero-order chi connectivity index (χ0) is 47.9. The van der Waals surface area contributed by atoms with Crippen LogP contribution >= 0.6 is 0 Å². The molecule has 0 radical (unpaired) electrons.